The first kappa shape index (κ1) is 17.6. The van der Waals surface area contributed by atoms with E-state index in [4.69, 9.17) is 23.7 Å². The lowest BCUT2D eigenvalue weighted by Crippen LogP contribution is -2.13. The number of hydrogen-bond donors (Lipinski definition) is 0. The number of benzene rings is 2. The fourth-order valence-electron chi connectivity index (χ4n) is 2.07. The van der Waals surface area contributed by atoms with Crippen molar-refractivity contribution in [3.05, 3.63) is 71.8 Å². The third-order valence-electron chi connectivity index (χ3n) is 3.18. The summed E-state index contributed by atoms with van der Waals surface area (Å²) < 4.78 is 27.0. The Labute approximate surface area is 136 Å². The number of ether oxygens (including phenoxy) is 5. The van der Waals surface area contributed by atoms with Gasteiger partial charge in [0.2, 0.25) is 0 Å². The second-order valence-corrected chi connectivity index (χ2v) is 4.73. The van der Waals surface area contributed by atoms with Crippen LogP contribution in [0.2, 0.25) is 0 Å². The Hall–Kier alpha value is -1.76. The van der Waals surface area contributed by atoms with E-state index < -0.39 is 12.6 Å². The molecule has 2 aromatic carbocycles. The zero-order valence-corrected chi connectivity index (χ0v) is 13.4. The molecule has 0 radical (unpaired) electrons. The van der Waals surface area contributed by atoms with Gasteiger partial charge >= 0.3 is 0 Å². The molecule has 0 aliphatic carbocycles. The largest absolute Gasteiger partial charge is 0.352 e. The Balaban J connectivity index is 1.70. The van der Waals surface area contributed by atoms with Gasteiger partial charge in [0.25, 0.3) is 0 Å². The third-order valence-corrected chi connectivity index (χ3v) is 3.18. The van der Waals surface area contributed by atoms with Crippen molar-refractivity contribution in [2.45, 2.75) is 12.6 Å². The number of rotatable bonds is 10. The van der Waals surface area contributed by atoms with E-state index >= 15 is 0 Å². The molecule has 5 heteroatoms. The van der Waals surface area contributed by atoms with E-state index in [0.717, 1.165) is 11.1 Å². The van der Waals surface area contributed by atoms with E-state index in [-0.39, 0.29) is 13.6 Å². The van der Waals surface area contributed by atoms with Crippen LogP contribution in [0.3, 0.4) is 0 Å². The second kappa shape index (κ2) is 10.1. The zero-order valence-electron chi connectivity index (χ0n) is 13.4. The van der Waals surface area contributed by atoms with Crippen LogP contribution in [0.1, 0.15) is 23.7 Å². The molecule has 124 valence electrons. The van der Waals surface area contributed by atoms with Crippen molar-refractivity contribution in [2.75, 3.05) is 27.8 Å². The van der Waals surface area contributed by atoms with Crippen LogP contribution in [0, 0.1) is 0 Å². The molecule has 0 heterocycles. The first-order valence-electron chi connectivity index (χ1n) is 7.31. The van der Waals surface area contributed by atoms with Gasteiger partial charge in [0.1, 0.15) is 0 Å². The molecule has 5 nitrogen and oxygen atoms in total. The molecule has 2 aromatic rings. The number of hydrogen-bond acceptors (Lipinski definition) is 5. The van der Waals surface area contributed by atoms with Crippen LogP contribution in [0.15, 0.2) is 60.7 Å². The molecule has 0 saturated carbocycles. The van der Waals surface area contributed by atoms with Crippen molar-refractivity contribution in [3.63, 3.8) is 0 Å². The van der Waals surface area contributed by atoms with Gasteiger partial charge in [-0.3, -0.25) is 0 Å². The minimum absolute atomic E-state index is 0.0542. The molecule has 0 fully saturated rings. The summed E-state index contributed by atoms with van der Waals surface area (Å²) >= 11 is 0. The van der Waals surface area contributed by atoms with Gasteiger partial charge in [0, 0.05) is 25.3 Å². The van der Waals surface area contributed by atoms with Gasteiger partial charge in [0.05, 0.1) is 0 Å². The third kappa shape index (κ3) is 5.74. The van der Waals surface area contributed by atoms with Gasteiger partial charge in [-0.2, -0.15) is 0 Å². The van der Waals surface area contributed by atoms with Gasteiger partial charge in [-0.05, 0) is 0 Å². The molecule has 0 N–H and O–H groups in total. The molecule has 2 atom stereocenters. The summed E-state index contributed by atoms with van der Waals surface area (Å²) in [6.45, 7) is 0.108. The van der Waals surface area contributed by atoms with Gasteiger partial charge in [-0.25, -0.2) is 0 Å². The summed E-state index contributed by atoms with van der Waals surface area (Å²) in [4.78, 5) is 0. The van der Waals surface area contributed by atoms with E-state index in [2.05, 4.69) is 0 Å². The fourth-order valence-corrected chi connectivity index (χ4v) is 2.07. The Morgan fingerprint density at radius 3 is 1.39 bits per heavy atom. The highest BCUT2D eigenvalue weighted by Crippen LogP contribution is 2.19. The van der Waals surface area contributed by atoms with Crippen LogP contribution in [-0.4, -0.2) is 27.8 Å². The lowest BCUT2D eigenvalue weighted by Gasteiger charge is -2.18. The molecule has 0 saturated heterocycles. The first-order chi connectivity index (χ1) is 11.3. The smallest absolute Gasteiger partial charge is 0.186 e. The Bertz CT molecular complexity index is 482. The van der Waals surface area contributed by atoms with Crippen LogP contribution < -0.4 is 0 Å². The summed E-state index contributed by atoms with van der Waals surface area (Å²) in [6, 6.07) is 19.3. The predicted molar refractivity (Wildman–Crippen MR) is 85.4 cm³/mol. The minimum Gasteiger partial charge on any atom is -0.352 e. The maximum atomic E-state index is 5.53. The zero-order chi connectivity index (χ0) is 16.3. The monoisotopic (exact) mass is 318 g/mol. The summed E-state index contributed by atoms with van der Waals surface area (Å²) in [7, 11) is 3.18. The highest BCUT2D eigenvalue weighted by atomic mass is 16.8. The van der Waals surface area contributed by atoms with Crippen LogP contribution in [0.5, 0.6) is 0 Å². The fraction of sp³-hybridized carbons (Fsp3) is 0.333. The van der Waals surface area contributed by atoms with Gasteiger partial charge in [0.15, 0.2) is 26.2 Å². The van der Waals surface area contributed by atoms with E-state index in [1.165, 1.54) is 0 Å². The molecule has 0 amide bonds. The average Bonchev–Trinajstić information content (AvgIpc) is 2.63. The second-order valence-electron chi connectivity index (χ2n) is 4.73. The van der Waals surface area contributed by atoms with Gasteiger partial charge in [-0.1, -0.05) is 60.7 Å². The molecular weight excluding hydrogens is 296 g/mol. The first-order valence-corrected chi connectivity index (χ1v) is 7.31. The average molecular weight is 318 g/mol. The van der Waals surface area contributed by atoms with Crippen molar-refractivity contribution >= 4 is 0 Å². The molecule has 0 aliphatic heterocycles. The Morgan fingerprint density at radius 1 is 0.652 bits per heavy atom. The van der Waals surface area contributed by atoms with E-state index in [0.29, 0.717) is 0 Å². The standard InChI is InChI=1S/C18H22O5/c1-19-17(15-9-5-3-6-10-15)22-13-21-14-23-18(20-2)16-11-7-4-8-12-16/h3-12,17-18H,13-14H2,1-2H3. The van der Waals surface area contributed by atoms with Crippen molar-refractivity contribution < 1.29 is 23.7 Å². The molecule has 0 bridgehead atoms. The molecule has 0 aromatic heterocycles. The molecule has 23 heavy (non-hydrogen) atoms. The predicted octanol–water partition coefficient (Wildman–Crippen LogP) is 3.64. The molecule has 0 aliphatic rings. The lowest BCUT2D eigenvalue weighted by molar-refractivity contribution is -0.242. The highest BCUT2D eigenvalue weighted by Gasteiger charge is 2.12. The number of methoxy groups -OCH3 is 2. The van der Waals surface area contributed by atoms with Crippen molar-refractivity contribution in [2.24, 2.45) is 0 Å². The van der Waals surface area contributed by atoms with Crippen LogP contribution in [-0.2, 0) is 23.7 Å². The topological polar surface area (TPSA) is 46.2 Å². The van der Waals surface area contributed by atoms with E-state index in [9.17, 15) is 0 Å². The summed E-state index contributed by atoms with van der Waals surface area (Å²) in [5, 5.41) is 0. The maximum absolute atomic E-state index is 5.53. The Morgan fingerprint density at radius 2 is 1.04 bits per heavy atom. The quantitative estimate of drug-likeness (QED) is 0.494. The van der Waals surface area contributed by atoms with E-state index in [1.807, 2.05) is 60.7 Å². The van der Waals surface area contributed by atoms with Crippen molar-refractivity contribution in [3.8, 4) is 0 Å². The van der Waals surface area contributed by atoms with Gasteiger partial charge in [-0.15, -0.1) is 0 Å². The van der Waals surface area contributed by atoms with Crippen molar-refractivity contribution in [1.29, 1.82) is 0 Å². The molecule has 0 spiro atoms. The van der Waals surface area contributed by atoms with Crippen LogP contribution >= 0.6 is 0 Å². The summed E-state index contributed by atoms with van der Waals surface area (Å²) in [5.41, 5.74) is 1.86. The Kier molecular flexibility index (Phi) is 7.72. The summed E-state index contributed by atoms with van der Waals surface area (Å²) in [6.07, 6.45) is -0.938. The van der Waals surface area contributed by atoms with E-state index in [1.54, 1.807) is 14.2 Å². The normalized spacial score (nSPS) is 13.7. The maximum Gasteiger partial charge on any atom is 0.186 e. The van der Waals surface area contributed by atoms with Gasteiger partial charge < -0.3 is 23.7 Å². The molecule has 2 rings (SSSR count). The highest BCUT2D eigenvalue weighted by molar-refractivity contribution is 5.16. The minimum atomic E-state index is -0.469. The van der Waals surface area contributed by atoms with Crippen LogP contribution in [0.4, 0.5) is 0 Å². The lowest BCUT2D eigenvalue weighted by atomic mass is 10.2. The van der Waals surface area contributed by atoms with Crippen molar-refractivity contribution in [1.82, 2.24) is 0 Å². The molecule has 2 unspecified atom stereocenters. The molecular formula is C18H22O5. The SMILES string of the molecule is COC(OCOCOC(OC)c1ccccc1)c1ccccc1. The summed E-state index contributed by atoms with van der Waals surface area (Å²) in [5.74, 6) is 0. The van der Waals surface area contributed by atoms with Crippen LogP contribution in [0.25, 0.3) is 0 Å².